The Bertz CT molecular complexity index is 831. The number of alkyl halides is 1. The number of ether oxygens (including phenoxy) is 1. The molecule has 4 rings (SSSR count). The fourth-order valence-electron chi connectivity index (χ4n) is 4.64. The molecule has 154 valence electrons. The van der Waals surface area contributed by atoms with Gasteiger partial charge in [0.2, 0.25) is 0 Å². The van der Waals surface area contributed by atoms with Gasteiger partial charge >= 0.3 is 0 Å². The first kappa shape index (κ1) is 21.2. The molecule has 0 saturated heterocycles. The highest BCUT2D eigenvalue weighted by Gasteiger charge is 2.39. The summed E-state index contributed by atoms with van der Waals surface area (Å²) in [5.41, 5.74) is 2.81. The summed E-state index contributed by atoms with van der Waals surface area (Å²) >= 11 is 2.43. The molecule has 1 aliphatic carbocycles. The summed E-state index contributed by atoms with van der Waals surface area (Å²) < 4.78 is 8.11. The molecule has 3 aromatic rings. The summed E-state index contributed by atoms with van der Waals surface area (Å²) in [4.78, 5) is 0. The second kappa shape index (κ2) is 10.3. The van der Waals surface area contributed by atoms with E-state index in [1.54, 1.807) is 0 Å². The molecule has 0 unspecified atom stereocenters. The number of hydrogen-bond donors (Lipinski definition) is 0. The third-order valence-corrected chi connectivity index (χ3v) is 6.53. The second-order valence-corrected chi connectivity index (χ2v) is 8.94. The minimum absolute atomic E-state index is 0.667. The standard InChI is InChI=1S/C28H29IO/c29-21-20-27(22-23-12-10-11-13-23)30-28(24-14-4-1-5-15-24,25-16-6-2-7-17-25)26-18-8-3-9-19-26/h1-9,14-20,23H,10-13,21-22H2. The molecule has 3 aromatic carbocycles. The van der Waals surface area contributed by atoms with Crippen LogP contribution in [-0.4, -0.2) is 4.43 Å². The lowest BCUT2D eigenvalue weighted by Crippen LogP contribution is -2.33. The zero-order chi connectivity index (χ0) is 20.7. The van der Waals surface area contributed by atoms with Crippen molar-refractivity contribution in [2.45, 2.75) is 37.7 Å². The third kappa shape index (κ3) is 4.64. The lowest BCUT2D eigenvalue weighted by atomic mass is 9.80. The molecule has 30 heavy (non-hydrogen) atoms. The predicted molar refractivity (Wildman–Crippen MR) is 134 cm³/mol. The Labute approximate surface area is 194 Å². The smallest absolute Gasteiger partial charge is 0.184 e. The molecule has 0 aromatic heterocycles. The number of halogens is 1. The van der Waals surface area contributed by atoms with E-state index in [4.69, 9.17) is 4.74 Å². The van der Waals surface area contributed by atoms with Gasteiger partial charge in [0.05, 0.1) is 5.76 Å². The first-order valence-corrected chi connectivity index (χ1v) is 12.5. The largest absolute Gasteiger partial charge is 0.478 e. The fourth-order valence-corrected chi connectivity index (χ4v) is 5.13. The average Bonchev–Trinajstić information content (AvgIpc) is 3.32. The number of hydrogen-bond acceptors (Lipinski definition) is 1. The summed E-state index contributed by atoms with van der Waals surface area (Å²) in [6.07, 6.45) is 8.64. The second-order valence-electron chi connectivity index (χ2n) is 8.06. The van der Waals surface area contributed by atoms with Crippen LogP contribution in [0.15, 0.2) is 103 Å². The van der Waals surface area contributed by atoms with Crippen molar-refractivity contribution in [3.05, 3.63) is 120 Å². The topological polar surface area (TPSA) is 9.23 Å². The van der Waals surface area contributed by atoms with Gasteiger partial charge in [0.1, 0.15) is 0 Å². The van der Waals surface area contributed by atoms with Gasteiger partial charge in [-0.1, -0.05) is 139 Å². The third-order valence-electron chi connectivity index (χ3n) is 6.09. The van der Waals surface area contributed by atoms with Crippen LogP contribution in [0.25, 0.3) is 0 Å². The van der Waals surface area contributed by atoms with Crippen LogP contribution in [0.4, 0.5) is 0 Å². The van der Waals surface area contributed by atoms with Gasteiger partial charge < -0.3 is 4.74 Å². The summed E-state index contributed by atoms with van der Waals surface area (Å²) in [6.45, 7) is 0. The molecule has 0 atom stereocenters. The van der Waals surface area contributed by atoms with Crippen LogP contribution in [-0.2, 0) is 10.3 Å². The molecule has 0 heterocycles. The summed E-state index contributed by atoms with van der Waals surface area (Å²) in [6, 6.07) is 32.0. The molecule has 1 fully saturated rings. The van der Waals surface area contributed by atoms with Crippen LogP contribution < -0.4 is 0 Å². The molecular formula is C28H29IO. The Balaban J connectivity index is 1.86. The SMILES string of the molecule is ICC=C(CC1CCCC1)OC(c1ccccc1)(c1ccccc1)c1ccccc1. The Morgan fingerprint density at radius 2 is 1.20 bits per heavy atom. The van der Waals surface area contributed by atoms with Gasteiger partial charge in [0.15, 0.2) is 5.60 Å². The van der Waals surface area contributed by atoms with Crippen molar-refractivity contribution in [2.75, 3.05) is 4.43 Å². The lowest BCUT2D eigenvalue weighted by molar-refractivity contribution is 0.0608. The highest BCUT2D eigenvalue weighted by atomic mass is 127. The molecular weight excluding hydrogens is 479 g/mol. The van der Waals surface area contributed by atoms with E-state index in [1.165, 1.54) is 25.7 Å². The minimum Gasteiger partial charge on any atom is -0.478 e. The van der Waals surface area contributed by atoms with Crippen LogP contribution in [0, 0.1) is 5.92 Å². The molecule has 0 spiro atoms. The van der Waals surface area contributed by atoms with Gasteiger partial charge in [0.25, 0.3) is 0 Å². The predicted octanol–water partition coefficient (Wildman–Crippen LogP) is 7.89. The molecule has 0 bridgehead atoms. The van der Waals surface area contributed by atoms with E-state index in [9.17, 15) is 0 Å². The van der Waals surface area contributed by atoms with E-state index in [0.717, 1.165) is 39.2 Å². The van der Waals surface area contributed by atoms with Crippen LogP contribution in [0.2, 0.25) is 0 Å². The Hall–Kier alpha value is -2.07. The maximum absolute atomic E-state index is 7.16. The van der Waals surface area contributed by atoms with Crippen molar-refractivity contribution >= 4 is 22.6 Å². The van der Waals surface area contributed by atoms with Crippen LogP contribution in [0.1, 0.15) is 48.8 Å². The highest BCUT2D eigenvalue weighted by Crippen LogP contribution is 2.43. The van der Waals surface area contributed by atoms with Crippen molar-refractivity contribution in [3.63, 3.8) is 0 Å². The Kier molecular flexibility index (Phi) is 7.27. The quantitative estimate of drug-likeness (QED) is 0.130. The summed E-state index contributed by atoms with van der Waals surface area (Å²) in [7, 11) is 0. The molecule has 1 aliphatic rings. The van der Waals surface area contributed by atoms with Crippen LogP contribution in [0.5, 0.6) is 0 Å². The van der Waals surface area contributed by atoms with E-state index in [2.05, 4.69) is 120 Å². The van der Waals surface area contributed by atoms with E-state index in [1.807, 2.05) is 0 Å². The van der Waals surface area contributed by atoms with Crippen molar-refractivity contribution < 1.29 is 4.74 Å². The van der Waals surface area contributed by atoms with E-state index in [0.29, 0.717) is 0 Å². The van der Waals surface area contributed by atoms with Gasteiger partial charge in [-0.2, -0.15) is 0 Å². The Morgan fingerprint density at radius 1 is 0.767 bits per heavy atom. The van der Waals surface area contributed by atoms with Crippen molar-refractivity contribution in [3.8, 4) is 0 Å². The number of benzene rings is 3. The highest BCUT2D eigenvalue weighted by molar-refractivity contribution is 14.1. The summed E-state index contributed by atoms with van der Waals surface area (Å²) in [5.74, 6) is 1.85. The van der Waals surface area contributed by atoms with Gasteiger partial charge in [-0.15, -0.1) is 0 Å². The van der Waals surface area contributed by atoms with Gasteiger partial charge in [0, 0.05) is 27.5 Å². The van der Waals surface area contributed by atoms with Crippen molar-refractivity contribution in [2.24, 2.45) is 5.92 Å². The molecule has 0 amide bonds. The van der Waals surface area contributed by atoms with E-state index < -0.39 is 5.60 Å². The number of rotatable bonds is 8. The monoisotopic (exact) mass is 508 g/mol. The average molecular weight is 508 g/mol. The van der Waals surface area contributed by atoms with Gasteiger partial charge in [-0.05, 0) is 12.0 Å². The maximum Gasteiger partial charge on any atom is 0.184 e. The molecule has 1 nitrogen and oxygen atoms in total. The molecule has 1 saturated carbocycles. The zero-order valence-electron chi connectivity index (χ0n) is 17.3. The lowest BCUT2D eigenvalue weighted by Gasteiger charge is -2.37. The molecule has 0 aliphatic heterocycles. The molecule has 0 N–H and O–H groups in total. The first-order chi connectivity index (χ1) is 14.8. The first-order valence-electron chi connectivity index (χ1n) is 10.9. The Morgan fingerprint density at radius 3 is 1.60 bits per heavy atom. The van der Waals surface area contributed by atoms with Crippen LogP contribution >= 0.6 is 22.6 Å². The number of allylic oxidation sites excluding steroid dienone is 2. The maximum atomic E-state index is 7.16. The van der Waals surface area contributed by atoms with Crippen molar-refractivity contribution in [1.29, 1.82) is 0 Å². The zero-order valence-corrected chi connectivity index (χ0v) is 19.5. The molecule has 2 heteroatoms. The fraction of sp³-hybridized carbons (Fsp3) is 0.286. The van der Waals surface area contributed by atoms with Crippen LogP contribution in [0.3, 0.4) is 0 Å². The normalized spacial score (nSPS) is 15.3. The van der Waals surface area contributed by atoms with E-state index in [-0.39, 0.29) is 0 Å². The summed E-state index contributed by atoms with van der Waals surface area (Å²) in [5, 5.41) is 0. The van der Waals surface area contributed by atoms with Gasteiger partial charge in [-0.25, -0.2) is 0 Å². The minimum atomic E-state index is -0.667. The van der Waals surface area contributed by atoms with Crippen molar-refractivity contribution in [1.82, 2.24) is 0 Å². The van der Waals surface area contributed by atoms with Gasteiger partial charge in [-0.3, -0.25) is 0 Å². The van der Waals surface area contributed by atoms with E-state index >= 15 is 0 Å². The molecule has 0 radical (unpaired) electrons.